The van der Waals surface area contributed by atoms with Crippen LogP contribution in [-0.2, 0) is 11.3 Å². The number of hydrogen-bond donors (Lipinski definition) is 3. The number of nitrogens with zero attached hydrogens (tertiary/aromatic N) is 7. The van der Waals surface area contributed by atoms with E-state index in [-0.39, 0.29) is 5.52 Å². The minimum Gasteiger partial charge on any atom is -0.378 e. The summed E-state index contributed by atoms with van der Waals surface area (Å²) in [5.74, 6) is 1.88. The van der Waals surface area contributed by atoms with Gasteiger partial charge in [-0.3, -0.25) is 14.4 Å². The molecular weight excluding hydrogens is 725 g/mol. The number of nitrogens with one attached hydrogen (secondary N) is 2. The Bertz CT molecular complexity index is 2260. The second kappa shape index (κ2) is 14.0. The second-order valence-corrected chi connectivity index (χ2v) is 13.3. The zero-order valence-corrected chi connectivity index (χ0v) is 28.9. The molecule has 1 aliphatic heterocycles. The predicted molar refractivity (Wildman–Crippen MR) is 189 cm³/mol. The highest BCUT2D eigenvalue weighted by molar-refractivity contribution is 8.00. The minimum absolute atomic E-state index is 0.0108. The van der Waals surface area contributed by atoms with Crippen molar-refractivity contribution in [3.8, 4) is 11.3 Å². The number of alkyl halides is 6. The Balaban J connectivity index is 1.09. The van der Waals surface area contributed by atoms with Crippen LogP contribution in [0.3, 0.4) is 0 Å². The highest BCUT2D eigenvalue weighted by atomic mass is 32.2. The lowest BCUT2D eigenvalue weighted by Crippen LogP contribution is -2.59. The second-order valence-electron chi connectivity index (χ2n) is 12.4. The first-order valence-electron chi connectivity index (χ1n) is 16.2. The van der Waals surface area contributed by atoms with Gasteiger partial charge < -0.3 is 20.1 Å². The summed E-state index contributed by atoms with van der Waals surface area (Å²) in [5, 5.41) is 18.6. The van der Waals surface area contributed by atoms with Gasteiger partial charge >= 0.3 is 12.4 Å². The van der Waals surface area contributed by atoms with Crippen LogP contribution in [0.2, 0.25) is 0 Å². The van der Waals surface area contributed by atoms with Gasteiger partial charge in [0, 0.05) is 69.5 Å². The fourth-order valence-corrected chi connectivity index (χ4v) is 6.60. The van der Waals surface area contributed by atoms with Crippen LogP contribution in [0.5, 0.6) is 0 Å². The first-order chi connectivity index (χ1) is 25.2. The molecule has 4 aromatic heterocycles. The van der Waals surface area contributed by atoms with Crippen molar-refractivity contribution in [3.05, 3.63) is 84.4 Å². The lowest BCUT2D eigenvalue weighted by molar-refractivity contribution is -0.372. The maximum absolute atomic E-state index is 13.4. The number of ether oxygens (including phenoxy) is 1. The fraction of sp³-hybridized carbons (Fsp3) is 0.286. The molecule has 5 heterocycles. The Hall–Kier alpha value is -5.20. The maximum atomic E-state index is 13.4. The first kappa shape index (κ1) is 36.2. The summed E-state index contributed by atoms with van der Waals surface area (Å²) in [5.41, 5.74) is -1.61. The number of morpholine rings is 1. The van der Waals surface area contributed by atoms with Crippen LogP contribution in [0.1, 0.15) is 11.1 Å². The summed E-state index contributed by atoms with van der Waals surface area (Å²) in [6.07, 6.45) is -5.73. The number of anilines is 4. The number of aromatic nitrogens is 6. The fourth-order valence-electron chi connectivity index (χ4n) is 6.02. The highest BCUT2D eigenvalue weighted by Gasteiger charge is 2.70. The average molecular weight is 756 g/mol. The van der Waals surface area contributed by atoms with Gasteiger partial charge in [-0.05, 0) is 73.8 Å². The van der Waals surface area contributed by atoms with Gasteiger partial charge in [-0.1, -0.05) is 6.07 Å². The molecule has 276 valence electrons. The third kappa shape index (κ3) is 7.13. The standard InChI is InChI=1S/C35H31F6N9O2S/c1-20-16-44-32(47-31(20)49-11-13-52-14-12-49)48-53-24-5-3-23(4-6-24)46-29-15-26-22(17-43-29)9-10-42-30(26)25-7-8-28-27(21(25)2)18-45-50(28)19-33(51,34(36,37)38)35(39,40)41/h3-10,15-18,51H,11-14,19H2,1-2H3,(H,43,46)(H,44,47,48). The molecule has 0 radical (unpaired) electrons. The van der Waals surface area contributed by atoms with E-state index in [9.17, 15) is 31.4 Å². The summed E-state index contributed by atoms with van der Waals surface area (Å²) in [6, 6.07) is 14.1. The minimum atomic E-state index is -5.98. The zero-order valence-electron chi connectivity index (χ0n) is 28.1. The molecule has 0 aliphatic carbocycles. The largest absolute Gasteiger partial charge is 0.428 e. The molecule has 1 fully saturated rings. The molecule has 0 bridgehead atoms. The summed E-state index contributed by atoms with van der Waals surface area (Å²) < 4.78 is 89.7. The Morgan fingerprint density at radius 3 is 2.32 bits per heavy atom. The Labute approximate surface area is 302 Å². The van der Waals surface area contributed by atoms with E-state index in [1.54, 1.807) is 37.6 Å². The van der Waals surface area contributed by atoms with Gasteiger partial charge in [-0.2, -0.15) is 36.4 Å². The molecule has 1 aliphatic rings. The number of aryl methyl sites for hydroxylation is 2. The Morgan fingerprint density at radius 2 is 1.60 bits per heavy atom. The van der Waals surface area contributed by atoms with E-state index in [0.29, 0.717) is 57.3 Å². The molecule has 2 aromatic carbocycles. The van der Waals surface area contributed by atoms with Gasteiger partial charge in [0.15, 0.2) is 0 Å². The van der Waals surface area contributed by atoms with Gasteiger partial charge in [0.05, 0.1) is 37.2 Å². The van der Waals surface area contributed by atoms with Crippen molar-refractivity contribution in [1.29, 1.82) is 0 Å². The molecule has 0 amide bonds. The van der Waals surface area contributed by atoms with Crippen molar-refractivity contribution < 1.29 is 36.2 Å². The van der Waals surface area contributed by atoms with Crippen LogP contribution in [0, 0.1) is 13.8 Å². The normalized spacial score (nSPS) is 14.2. The van der Waals surface area contributed by atoms with Crippen molar-refractivity contribution in [2.45, 2.75) is 43.2 Å². The van der Waals surface area contributed by atoms with E-state index in [2.05, 4.69) is 35.0 Å². The lowest BCUT2D eigenvalue weighted by Gasteiger charge is -2.32. The van der Waals surface area contributed by atoms with E-state index in [4.69, 9.17) is 9.72 Å². The van der Waals surface area contributed by atoms with Crippen LogP contribution >= 0.6 is 11.9 Å². The number of halogens is 6. The van der Waals surface area contributed by atoms with Crippen LogP contribution in [0.4, 0.5) is 49.6 Å². The number of hydrogen-bond acceptors (Lipinski definition) is 11. The molecule has 3 N–H and O–H groups in total. The van der Waals surface area contributed by atoms with Crippen molar-refractivity contribution in [1.82, 2.24) is 29.7 Å². The number of rotatable bonds is 9. The van der Waals surface area contributed by atoms with Crippen molar-refractivity contribution in [3.63, 3.8) is 0 Å². The molecule has 53 heavy (non-hydrogen) atoms. The Morgan fingerprint density at radius 1 is 0.868 bits per heavy atom. The number of fused-ring (bicyclic) bond motifs is 2. The van der Waals surface area contributed by atoms with Gasteiger partial charge in [-0.15, -0.1) is 0 Å². The molecule has 0 atom stereocenters. The van der Waals surface area contributed by atoms with Gasteiger partial charge in [0.25, 0.3) is 5.60 Å². The lowest BCUT2D eigenvalue weighted by atomic mass is 9.98. The maximum Gasteiger partial charge on any atom is 0.428 e. The third-order valence-electron chi connectivity index (χ3n) is 8.96. The van der Waals surface area contributed by atoms with Gasteiger partial charge in [0.1, 0.15) is 11.6 Å². The van der Waals surface area contributed by atoms with E-state index in [0.717, 1.165) is 40.4 Å². The van der Waals surface area contributed by atoms with Crippen molar-refractivity contribution in [2.24, 2.45) is 0 Å². The van der Waals surface area contributed by atoms with Crippen LogP contribution in [-0.4, -0.2) is 79.1 Å². The van der Waals surface area contributed by atoms with Gasteiger partial charge in [-0.25, -0.2) is 9.97 Å². The number of benzene rings is 2. The molecule has 11 nitrogen and oxygen atoms in total. The first-order valence-corrected chi connectivity index (χ1v) is 17.1. The molecule has 0 spiro atoms. The molecule has 7 rings (SSSR count). The van der Waals surface area contributed by atoms with Crippen LogP contribution in [0.25, 0.3) is 32.9 Å². The molecule has 0 unspecified atom stereocenters. The summed E-state index contributed by atoms with van der Waals surface area (Å²) in [4.78, 5) is 21.3. The molecule has 1 saturated heterocycles. The van der Waals surface area contributed by atoms with E-state index < -0.39 is 24.5 Å². The summed E-state index contributed by atoms with van der Waals surface area (Å²) >= 11 is 1.37. The van der Waals surface area contributed by atoms with Crippen molar-refractivity contribution in [2.75, 3.05) is 41.2 Å². The molecule has 6 aromatic rings. The van der Waals surface area contributed by atoms with Crippen LogP contribution < -0.4 is 14.9 Å². The molecule has 0 saturated carbocycles. The van der Waals surface area contributed by atoms with E-state index >= 15 is 0 Å². The number of aliphatic hydroxyl groups is 1. The van der Waals surface area contributed by atoms with Crippen molar-refractivity contribution >= 4 is 56.9 Å². The summed E-state index contributed by atoms with van der Waals surface area (Å²) in [7, 11) is 0. The zero-order chi connectivity index (χ0) is 37.5. The summed E-state index contributed by atoms with van der Waals surface area (Å²) in [6.45, 7) is 4.64. The predicted octanol–water partition coefficient (Wildman–Crippen LogP) is 7.61. The third-order valence-corrected chi connectivity index (χ3v) is 9.75. The monoisotopic (exact) mass is 755 g/mol. The molecule has 18 heteroatoms. The van der Waals surface area contributed by atoms with Crippen LogP contribution in [0.15, 0.2) is 78.2 Å². The Kier molecular flexibility index (Phi) is 9.54. The SMILES string of the molecule is Cc1cnc(NSc2ccc(Nc3cc4c(-c5ccc6c(cnn6CC(O)(C(F)(F)F)C(F)(F)F)c5C)nccc4cn3)cc2)nc1N1CCOCC1. The quantitative estimate of drug-likeness (QED) is 0.0998. The van der Waals surface area contributed by atoms with Gasteiger partial charge in [0.2, 0.25) is 5.95 Å². The van der Waals surface area contributed by atoms with E-state index in [1.165, 1.54) is 24.2 Å². The average Bonchev–Trinajstić information content (AvgIpc) is 3.54. The smallest absolute Gasteiger partial charge is 0.378 e. The number of pyridine rings is 2. The topological polar surface area (TPSA) is 126 Å². The van der Waals surface area contributed by atoms with E-state index in [1.807, 2.05) is 37.3 Å². The molecular formula is C35H31F6N9O2S. The highest BCUT2D eigenvalue weighted by Crippen LogP contribution is 2.45.